The summed E-state index contributed by atoms with van der Waals surface area (Å²) in [6.07, 6.45) is 0. The van der Waals surface area contributed by atoms with E-state index in [0.717, 1.165) is 26.2 Å². The normalized spacial score (nSPS) is 11.1. The molecule has 0 aromatic rings. The summed E-state index contributed by atoms with van der Waals surface area (Å²) in [5.41, 5.74) is 0. The molecule has 0 heterocycles. The van der Waals surface area contributed by atoms with E-state index in [-0.39, 0.29) is 5.91 Å². The molecule has 0 aromatic carbocycles. The molecule has 0 unspecified atom stereocenters. The number of rotatable bonds is 7. The lowest BCUT2D eigenvalue weighted by molar-refractivity contribution is -0.132. The van der Waals surface area contributed by atoms with Gasteiger partial charge in [-0.05, 0) is 26.3 Å². The van der Waals surface area contributed by atoms with Crippen molar-refractivity contribution in [2.45, 2.75) is 34.6 Å². The number of hydrogen-bond donors (Lipinski definition) is 0. The van der Waals surface area contributed by atoms with E-state index < -0.39 is 0 Å². The van der Waals surface area contributed by atoms with Crippen molar-refractivity contribution in [3.05, 3.63) is 0 Å². The van der Waals surface area contributed by atoms with Crippen LogP contribution in [0.25, 0.3) is 0 Å². The number of hydrogen-bond acceptors (Lipinski definition) is 2. The summed E-state index contributed by atoms with van der Waals surface area (Å²) in [6, 6.07) is 0. The number of likely N-dealkylation sites (N-methyl/N-ethyl adjacent to an activating group) is 2. The van der Waals surface area contributed by atoms with E-state index in [1.54, 1.807) is 0 Å². The number of nitrogens with zero attached hydrogens (tertiary/aromatic N) is 2. The van der Waals surface area contributed by atoms with Gasteiger partial charge in [0.25, 0.3) is 0 Å². The fourth-order valence-electron chi connectivity index (χ4n) is 1.69. The van der Waals surface area contributed by atoms with Crippen LogP contribution in [0.1, 0.15) is 34.6 Å². The van der Waals surface area contributed by atoms with Gasteiger partial charge in [0, 0.05) is 19.6 Å². The molecule has 0 aliphatic heterocycles. The Labute approximate surface area is 94.4 Å². The van der Waals surface area contributed by atoms with Crippen LogP contribution in [0, 0.1) is 5.92 Å². The van der Waals surface area contributed by atoms with Gasteiger partial charge in [0.2, 0.25) is 5.91 Å². The Morgan fingerprint density at radius 3 is 1.93 bits per heavy atom. The molecule has 0 saturated heterocycles. The van der Waals surface area contributed by atoms with Crippen LogP contribution in [0.3, 0.4) is 0 Å². The van der Waals surface area contributed by atoms with Crippen molar-refractivity contribution >= 4 is 5.91 Å². The zero-order valence-corrected chi connectivity index (χ0v) is 10.9. The quantitative estimate of drug-likeness (QED) is 0.645. The van der Waals surface area contributed by atoms with Gasteiger partial charge in [-0.3, -0.25) is 9.69 Å². The Kier molecular flexibility index (Phi) is 7.39. The molecule has 0 atom stereocenters. The molecule has 0 saturated carbocycles. The monoisotopic (exact) mass is 214 g/mol. The summed E-state index contributed by atoms with van der Waals surface area (Å²) in [7, 11) is 0. The molecule has 1 amide bonds. The summed E-state index contributed by atoms with van der Waals surface area (Å²) in [4.78, 5) is 15.9. The smallest absolute Gasteiger partial charge is 0.236 e. The van der Waals surface area contributed by atoms with Gasteiger partial charge in [-0.2, -0.15) is 0 Å². The molecule has 0 bridgehead atoms. The van der Waals surface area contributed by atoms with Crippen molar-refractivity contribution in [3.63, 3.8) is 0 Å². The highest BCUT2D eigenvalue weighted by Gasteiger charge is 2.14. The van der Waals surface area contributed by atoms with Crippen LogP contribution in [-0.2, 0) is 4.79 Å². The van der Waals surface area contributed by atoms with Crippen LogP contribution in [-0.4, -0.2) is 48.4 Å². The van der Waals surface area contributed by atoms with Crippen LogP contribution in [0.5, 0.6) is 0 Å². The van der Waals surface area contributed by atoms with Gasteiger partial charge >= 0.3 is 0 Å². The molecular weight excluding hydrogens is 188 g/mol. The lowest BCUT2D eigenvalue weighted by atomic mass is 10.2. The molecule has 0 N–H and O–H groups in total. The summed E-state index contributed by atoms with van der Waals surface area (Å²) >= 11 is 0. The maximum atomic E-state index is 11.8. The molecule has 3 heteroatoms. The first-order valence-electron chi connectivity index (χ1n) is 6.05. The average Bonchev–Trinajstić information content (AvgIpc) is 2.17. The number of amides is 1. The van der Waals surface area contributed by atoms with Crippen molar-refractivity contribution in [1.82, 2.24) is 9.80 Å². The molecular formula is C12H26N2O. The van der Waals surface area contributed by atoms with E-state index >= 15 is 0 Å². The minimum Gasteiger partial charge on any atom is -0.342 e. The Hall–Kier alpha value is -0.570. The van der Waals surface area contributed by atoms with E-state index in [1.807, 2.05) is 18.7 Å². The summed E-state index contributed by atoms with van der Waals surface area (Å²) in [5, 5.41) is 0. The van der Waals surface area contributed by atoms with Crippen molar-refractivity contribution in [2.75, 3.05) is 32.7 Å². The van der Waals surface area contributed by atoms with E-state index in [2.05, 4.69) is 25.7 Å². The predicted molar refractivity (Wildman–Crippen MR) is 64.9 cm³/mol. The fraction of sp³-hybridized carbons (Fsp3) is 0.917. The second kappa shape index (κ2) is 7.69. The molecule has 0 aliphatic carbocycles. The Morgan fingerprint density at radius 1 is 1.07 bits per heavy atom. The third kappa shape index (κ3) is 5.78. The standard InChI is InChI=1S/C12H26N2O/c1-6-13(9-11(4)5)10-12(15)14(7-2)8-3/h11H,6-10H2,1-5H3. The van der Waals surface area contributed by atoms with E-state index in [0.29, 0.717) is 12.5 Å². The molecule has 0 spiro atoms. The zero-order chi connectivity index (χ0) is 11.8. The maximum absolute atomic E-state index is 11.8. The Morgan fingerprint density at radius 2 is 1.60 bits per heavy atom. The molecule has 0 fully saturated rings. The lowest BCUT2D eigenvalue weighted by Gasteiger charge is -2.26. The van der Waals surface area contributed by atoms with Crippen LogP contribution >= 0.6 is 0 Å². The minimum atomic E-state index is 0.252. The number of carbonyl (C=O) groups excluding carboxylic acids is 1. The zero-order valence-electron chi connectivity index (χ0n) is 10.9. The minimum absolute atomic E-state index is 0.252. The van der Waals surface area contributed by atoms with Gasteiger partial charge in [0.05, 0.1) is 6.54 Å². The van der Waals surface area contributed by atoms with Crippen molar-refractivity contribution in [2.24, 2.45) is 5.92 Å². The van der Waals surface area contributed by atoms with Crippen LogP contribution < -0.4 is 0 Å². The van der Waals surface area contributed by atoms with Gasteiger partial charge in [-0.25, -0.2) is 0 Å². The second-order valence-electron chi connectivity index (χ2n) is 4.29. The summed E-state index contributed by atoms with van der Waals surface area (Å²) in [6.45, 7) is 14.7. The van der Waals surface area contributed by atoms with E-state index in [1.165, 1.54) is 0 Å². The highest BCUT2D eigenvalue weighted by Crippen LogP contribution is 2.00. The topological polar surface area (TPSA) is 23.6 Å². The molecule has 3 nitrogen and oxygen atoms in total. The fourth-order valence-corrected chi connectivity index (χ4v) is 1.69. The maximum Gasteiger partial charge on any atom is 0.236 e. The van der Waals surface area contributed by atoms with Crippen LogP contribution in [0.2, 0.25) is 0 Å². The third-order valence-corrected chi connectivity index (χ3v) is 2.55. The lowest BCUT2D eigenvalue weighted by Crippen LogP contribution is -2.41. The largest absolute Gasteiger partial charge is 0.342 e. The van der Waals surface area contributed by atoms with E-state index in [9.17, 15) is 4.79 Å². The number of carbonyl (C=O) groups is 1. The van der Waals surface area contributed by atoms with Crippen molar-refractivity contribution in [3.8, 4) is 0 Å². The molecule has 0 rings (SSSR count). The highest BCUT2D eigenvalue weighted by atomic mass is 16.2. The van der Waals surface area contributed by atoms with Gasteiger partial charge in [-0.15, -0.1) is 0 Å². The SMILES string of the molecule is CCN(CC(=O)N(CC)CC)CC(C)C. The molecule has 0 aliphatic rings. The van der Waals surface area contributed by atoms with Crippen LogP contribution in [0.15, 0.2) is 0 Å². The van der Waals surface area contributed by atoms with Gasteiger partial charge in [-0.1, -0.05) is 20.8 Å². The van der Waals surface area contributed by atoms with Crippen molar-refractivity contribution < 1.29 is 4.79 Å². The first-order chi connectivity index (χ1) is 7.04. The predicted octanol–water partition coefficient (Wildman–Crippen LogP) is 1.83. The first-order valence-corrected chi connectivity index (χ1v) is 6.05. The Balaban J connectivity index is 4.10. The Bertz CT molecular complexity index is 176. The van der Waals surface area contributed by atoms with Gasteiger partial charge < -0.3 is 4.90 Å². The third-order valence-electron chi connectivity index (χ3n) is 2.55. The van der Waals surface area contributed by atoms with Crippen LogP contribution in [0.4, 0.5) is 0 Å². The van der Waals surface area contributed by atoms with E-state index in [4.69, 9.17) is 0 Å². The summed E-state index contributed by atoms with van der Waals surface area (Å²) in [5.74, 6) is 0.872. The first kappa shape index (κ1) is 14.4. The summed E-state index contributed by atoms with van der Waals surface area (Å²) < 4.78 is 0. The van der Waals surface area contributed by atoms with Crippen molar-refractivity contribution in [1.29, 1.82) is 0 Å². The second-order valence-corrected chi connectivity index (χ2v) is 4.29. The van der Waals surface area contributed by atoms with Gasteiger partial charge in [0.15, 0.2) is 0 Å². The highest BCUT2D eigenvalue weighted by molar-refractivity contribution is 5.78. The molecule has 15 heavy (non-hydrogen) atoms. The average molecular weight is 214 g/mol. The molecule has 90 valence electrons. The molecule has 0 radical (unpaired) electrons. The molecule has 0 aromatic heterocycles. The van der Waals surface area contributed by atoms with Gasteiger partial charge in [0.1, 0.15) is 0 Å².